The number of likely N-dealkylation sites (tertiary alicyclic amines) is 1. The lowest BCUT2D eigenvalue weighted by atomic mass is 9.94. The predicted octanol–water partition coefficient (Wildman–Crippen LogP) is 1.35. The lowest BCUT2D eigenvalue weighted by Crippen LogP contribution is -2.56. The van der Waals surface area contributed by atoms with Crippen LogP contribution in [0.15, 0.2) is 12.1 Å². The minimum absolute atomic E-state index is 0.00833. The Morgan fingerprint density at radius 3 is 2.45 bits per heavy atom. The Hall–Kier alpha value is -2.92. The van der Waals surface area contributed by atoms with Crippen LogP contribution in [0.25, 0.3) is 0 Å². The van der Waals surface area contributed by atoms with Crippen molar-refractivity contribution < 1.29 is 28.4 Å². The van der Waals surface area contributed by atoms with E-state index >= 15 is 0 Å². The number of nitrogens with zero attached hydrogens (tertiary/aromatic N) is 1. The molecule has 0 unspecified atom stereocenters. The van der Waals surface area contributed by atoms with Gasteiger partial charge in [-0.3, -0.25) is 24.0 Å². The normalized spacial score (nSPS) is 25.7. The van der Waals surface area contributed by atoms with Crippen LogP contribution in [0.2, 0.25) is 10.0 Å². The number of rotatable bonds is 9. The highest BCUT2D eigenvalue weighted by atomic mass is 35.5. The number of hydrogen-bond donors (Lipinski definition) is 4. The fourth-order valence-electron chi connectivity index (χ4n) is 5.74. The van der Waals surface area contributed by atoms with E-state index in [1.165, 1.54) is 11.9 Å². The highest BCUT2D eigenvalue weighted by molar-refractivity contribution is 6.39. The van der Waals surface area contributed by atoms with Crippen molar-refractivity contribution in [1.29, 1.82) is 0 Å². The molecular formula is C25H30Cl2FN5O5. The van der Waals surface area contributed by atoms with E-state index in [-0.39, 0.29) is 51.9 Å². The van der Waals surface area contributed by atoms with Gasteiger partial charge in [-0.15, -0.1) is 0 Å². The number of likely N-dealkylation sites (N-methyl/N-ethyl adjacent to an activating group) is 1. The Kier molecular flexibility index (Phi) is 7.90. The summed E-state index contributed by atoms with van der Waals surface area (Å²) < 4.78 is 13.5. The van der Waals surface area contributed by atoms with E-state index in [1.54, 1.807) is 0 Å². The molecule has 4 rings (SSSR count). The zero-order valence-electron chi connectivity index (χ0n) is 21.2. The van der Waals surface area contributed by atoms with E-state index in [0.29, 0.717) is 19.5 Å². The van der Waals surface area contributed by atoms with Crippen LogP contribution in [0.1, 0.15) is 26.7 Å². The molecule has 10 nitrogen and oxygen atoms in total. The first kappa shape index (κ1) is 28.1. The molecule has 2 heterocycles. The average molecular weight is 570 g/mol. The quantitative estimate of drug-likeness (QED) is 0.331. The Balaban J connectivity index is 1.50. The lowest BCUT2D eigenvalue weighted by molar-refractivity contribution is -0.143. The molecule has 3 fully saturated rings. The minimum Gasteiger partial charge on any atom is -0.374 e. The molecule has 1 aromatic carbocycles. The molecule has 3 aliphatic rings. The molecule has 13 heteroatoms. The molecule has 0 aromatic heterocycles. The maximum atomic E-state index is 13.6. The van der Waals surface area contributed by atoms with Crippen molar-refractivity contribution >= 4 is 58.3 Å². The van der Waals surface area contributed by atoms with Crippen LogP contribution in [0.3, 0.4) is 0 Å². The van der Waals surface area contributed by atoms with Gasteiger partial charge in [0.05, 0.1) is 28.3 Å². The topological polar surface area (TPSA) is 137 Å². The summed E-state index contributed by atoms with van der Waals surface area (Å²) in [5.41, 5.74) is 0.00128. The molecule has 1 aromatic rings. The fourth-order valence-corrected chi connectivity index (χ4v) is 6.34. The van der Waals surface area contributed by atoms with Gasteiger partial charge in [0.25, 0.3) is 5.91 Å². The molecule has 206 valence electrons. The largest absolute Gasteiger partial charge is 0.374 e. The van der Waals surface area contributed by atoms with Gasteiger partial charge in [0.1, 0.15) is 11.9 Å². The number of Topliss-reactive ketones (excluding diaryl/α,β-unsaturated/α-hetero) is 1. The second-order valence-electron chi connectivity index (χ2n) is 10.6. The molecule has 1 aliphatic carbocycles. The van der Waals surface area contributed by atoms with Crippen LogP contribution in [0.4, 0.5) is 10.1 Å². The van der Waals surface area contributed by atoms with Gasteiger partial charge in [-0.2, -0.15) is 0 Å². The molecule has 0 spiro atoms. The number of amides is 4. The summed E-state index contributed by atoms with van der Waals surface area (Å²) >= 11 is 12.1. The number of benzene rings is 1. The molecule has 0 radical (unpaired) electrons. The van der Waals surface area contributed by atoms with Crippen molar-refractivity contribution in [1.82, 2.24) is 20.9 Å². The Labute approximate surface area is 229 Å². The van der Waals surface area contributed by atoms with Crippen LogP contribution in [-0.4, -0.2) is 73.1 Å². The smallest absolute Gasteiger partial charge is 0.289 e. The van der Waals surface area contributed by atoms with Gasteiger partial charge >= 0.3 is 0 Å². The average Bonchev–Trinajstić information content (AvgIpc) is 3.20. The Morgan fingerprint density at radius 1 is 1.21 bits per heavy atom. The lowest BCUT2D eigenvalue weighted by Gasteiger charge is -2.31. The van der Waals surface area contributed by atoms with E-state index in [1.807, 2.05) is 13.8 Å². The standard InChI is InChI=1S/C25H30Cl2FN5O5/c1-25(2)13-10-33(17(34)9-31-19-14(26)7-12(28)8-15(19)27)20(18(13)25)23(37)32-16(21(35)24(38)29-3)6-11-4-5-30-22(11)36/h7-8,11,13,16,18,20,31H,4-6,9-10H2,1-3H3,(H,29,38)(H,30,36)(H,32,37)/t11-,13-,16-,18-,20-/m0/s1. The number of hydrogen-bond acceptors (Lipinski definition) is 6. The summed E-state index contributed by atoms with van der Waals surface area (Å²) in [6.07, 6.45) is 0.462. The third kappa shape index (κ3) is 5.31. The SMILES string of the molecule is CNC(=O)C(=O)[C@H](C[C@@H]1CCNC1=O)NC(=O)[C@@H]1[C@@H]2[C@H](CN1C(=O)CNc1c(Cl)cc(F)cc1Cl)C2(C)C. The highest BCUT2D eigenvalue weighted by Crippen LogP contribution is 2.64. The third-order valence-electron chi connectivity index (χ3n) is 7.99. The van der Waals surface area contributed by atoms with Crippen molar-refractivity contribution in [3.8, 4) is 0 Å². The second kappa shape index (κ2) is 10.7. The molecule has 4 amide bonds. The number of fused-ring (bicyclic) bond motifs is 1. The van der Waals surface area contributed by atoms with Crippen LogP contribution >= 0.6 is 23.2 Å². The van der Waals surface area contributed by atoms with E-state index < -0.39 is 47.3 Å². The van der Waals surface area contributed by atoms with Crippen molar-refractivity contribution in [2.75, 3.05) is 32.0 Å². The first-order valence-electron chi connectivity index (χ1n) is 12.4. The van der Waals surface area contributed by atoms with Crippen LogP contribution in [0, 0.1) is 29.0 Å². The molecule has 2 aliphatic heterocycles. The maximum Gasteiger partial charge on any atom is 0.289 e. The van der Waals surface area contributed by atoms with Gasteiger partial charge in [-0.25, -0.2) is 4.39 Å². The monoisotopic (exact) mass is 569 g/mol. The van der Waals surface area contributed by atoms with Gasteiger partial charge in [-0.05, 0) is 42.2 Å². The molecule has 0 bridgehead atoms. The van der Waals surface area contributed by atoms with Crippen molar-refractivity contribution in [2.24, 2.45) is 23.2 Å². The Morgan fingerprint density at radius 2 is 1.87 bits per heavy atom. The number of halogens is 3. The summed E-state index contributed by atoms with van der Waals surface area (Å²) in [4.78, 5) is 65.3. The number of carbonyl (C=O) groups is 5. The van der Waals surface area contributed by atoms with E-state index in [2.05, 4.69) is 21.3 Å². The van der Waals surface area contributed by atoms with Gasteiger partial charge < -0.3 is 26.2 Å². The molecule has 38 heavy (non-hydrogen) atoms. The van der Waals surface area contributed by atoms with Crippen molar-refractivity contribution in [3.05, 3.63) is 28.0 Å². The minimum atomic E-state index is -1.22. The molecule has 1 saturated carbocycles. The molecule has 5 atom stereocenters. The van der Waals surface area contributed by atoms with Gasteiger partial charge in [0.2, 0.25) is 23.5 Å². The molecular weight excluding hydrogens is 540 g/mol. The summed E-state index contributed by atoms with van der Waals surface area (Å²) in [5, 5.41) is 10.5. The van der Waals surface area contributed by atoms with Gasteiger partial charge in [-0.1, -0.05) is 37.0 Å². The molecule has 4 N–H and O–H groups in total. The first-order valence-corrected chi connectivity index (χ1v) is 13.1. The van der Waals surface area contributed by atoms with Crippen LogP contribution in [0.5, 0.6) is 0 Å². The molecule has 2 saturated heterocycles. The number of ketones is 1. The van der Waals surface area contributed by atoms with Crippen molar-refractivity contribution in [2.45, 2.75) is 38.8 Å². The van der Waals surface area contributed by atoms with Gasteiger partial charge in [0.15, 0.2) is 0 Å². The maximum absolute atomic E-state index is 13.6. The number of piperidine rings is 1. The van der Waals surface area contributed by atoms with Crippen LogP contribution < -0.4 is 21.3 Å². The highest BCUT2D eigenvalue weighted by Gasteiger charge is 2.69. The predicted molar refractivity (Wildman–Crippen MR) is 138 cm³/mol. The zero-order valence-corrected chi connectivity index (χ0v) is 22.7. The van der Waals surface area contributed by atoms with E-state index in [9.17, 15) is 28.4 Å². The second-order valence-corrected chi connectivity index (χ2v) is 11.4. The van der Waals surface area contributed by atoms with E-state index in [0.717, 1.165) is 12.1 Å². The Bertz CT molecular complexity index is 1170. The summed E-state index contributed by atoms with van der Waals surface area (Å²) in [6, 6.07) is 0.0428. The summed E-state index contributed by atoms with van der Waals surface area (Å²) in [7, 11) is 1.31. The van der Waals surface area contributed by atoms with Crippen molar-refractivity contribution in [3.63, 3.8) is 0 Å². The zero-order chi connectivity index (χ0) is 27.9. The summed E-state index contributed by atoms with van der Waals surface area (Å²) in [6.45, 7) is 4.56. The summed E-state index contributed by atoms with van der Waals surface area (Å²) in [5.74, 6) is -4.15. The third-order valence-corrected chi connectivity index (χ3v) is 8.58. The number of nitrogens with one attached hydrogen (secondary N) is 4. The van der Waals surface area contributed by atoms with Gasteiger partial charge in [0, 0.05) is 26.1 Å². The number of carbonyl (C=O) groups excluding carboxylic acids is 5. The number of anilines is 1. The van der Waals surface area contributed by atoms with Crippen LogP contribution in [-0.2, 0) is 24.0 Å². The fraction of sp³-hybridized carbons (Fsp3) is 0.560. The van der Waals surface area contributed by atoms with E-state index in [4.69, 9.17) is 23.2 Å². The first-order chi connectivity index (χ1) is 17.9.